The molecule has 1 N–H and O–H groups in total. The molecule has 1 aromatic carbocycles. The van der Waals surface area contributed by atoms with E-state index in [1.807, 2.05) is 43.5 Å². The molecule has 8 heteroatoms. The predicted molar refractivity (Wildman–Crippen MR) is 101 cm³/mol. The second kappa shape index (κ2) is 8.11. The Morgan fingerprint density at radius 3 is 2.77 bits per heavy atom. The lowest BCUT2D eigenvalue weighted by Crippen LogP contribution is -2.20. The van der Waals surface area contributed by atoms with Crippen LogP contribution in [0, 0.1) is 6.92 Å². The number of nitrogens with one attached hydrogen (secondary N) is 1. The van der Waals surface area contributed by atoms with Gasteiger partial charge in [0, 0.05) is 23.6 Å². The van der Waals surface area contributed by atoms with Crippen molar-refractivity contribution in [2.75, 3.05) is 25.6 Å². The van der Waals surface area contributed by atoms with Gasteiger partial charge in [-0.2, -0.15) is 9.78 Å². The molecule has 0 spiro atoms. The van der Waals surface area contributed by atoms with Crippen molar-refractivity contribution >= 4 is 23.1 Å². The molecular formula is C18H20N4O3S. The summed E-state index contributed by atoms with van der Waals surface area (Å²) in [6.45, 7) is 4.21. The SMILES string of the molecule is CCOCC(=O)Nc1cc(C)nn1-c1nc(-c2ccc(OC)cc2)cs1. The lowest BCUT2D eigenvalue weighted by molar-refractivity contribution is -0.120. The maximum Gasteiger partial charge on any atom is 0.251 e. The molecule has 7 nitrogen and oxygen atoms in total. The number of anilines is 1. The van der Waals surface area contributed by atoms with E-state index in [9.17, 15) is 4.79 Å². The summed E-state index contributed by atoms with van der Waals surface area (Å²) < 4.78 is 12.0. The highest BCUT2D eigenvalue weighted by Gasteiger charge is 2.14. The third kappa shape index (κ3) is 4.09. The standard InChI is InChI=1S/C18H20N4O3S/c1-4-25-10-17(23)20-16-9-12(2)21-22(16)18-19-15(11-26-18)13-5-7-14(24-3)8-6-13/h5-9,11H,4,10H2,1-3H3,(H,20,23). The number of benzene rings is 1. The zero-order valence-corrected chi connectivity index (χ0v) is 15.7. The van der Waals surface area contributed by atoms with Gasteiger partial charge in [0.2, 0.25) is 5.13 Å². The van der Waals surface area contributed by atoms with Crippen LogP contribution >= 0.6 is 11.3 Å². The topological polar surface area (TPSA) is 78.3 Å². The Labute approximate surface area is 155 Å². The molecule has 0 saturated heterocycles. The van der Waals surface area contributed by atoms with Crippen molar-refractivity contribution in [3.8, 4) is 22.1 Å². The van der Waals surface area contributed by atoms with Crippen LogP contribution in [0.4, 0.5) is 5.82 Å². The number of aromatic nitrogens is 3. The van der Waals surface area contributed by atoms with Crippen molar-refractivity contribution in [1.82, 2.24) is 14.8 Å². The van der Waals surface area contributed by atoms with Crippen LogP contribution in [0.3, 0.4) is 0 Å². The summed E-state index contributed by atoms with van der Waals surface area (Å²) in [5, 5.41) is 9.89. The Bertz CT molecular complexity index is 886. The van der Waals surface area contributed by atoms with Crippen LogP contribution in [-0.2, 0) is 9.53 Å². The summed E-state index contributed by atoms with van der Waals surface area (Å²) in [5.74, 6) is 1.15. The summed E-state index contributed by atoms with van der Waals surface area (Å²) in [6, 6.07) is 9.50. The number of hydrogen-bond donors (Lipinski definition) is 1. The largest absolute Gasteiger partial charge is 0.497 e. The van der Waals surface area contributed by atoms with E-state index in [1.165, 1.54) is 11.3 Å². The monoisotopic (exact) mass is 372 g/mol. The highest BCUT2D eigenvalue weighted by molar-refractivity contribution is 7.12. The van der Waals surface area contributed by atoms with Crippen LogP contribution in [0.1, 0.15) is 12.6 Å². The van der Waals surface area contributed by atoms with Crippen LogP contribution in [0.2, 0.25) is 0 Å². The molecule has 0 aliphatic rings. The highest BCUT2D eigenvalue weighted by atomic mass is 32.1. The van der Waals surface area contributed by atoms with Gasteiger partial charge in [-0.3, -0.25) is 4.79 Å². The Kier molecular flexibility index (Phi) is 5.65. The number of nitrogens with zero attached hydrogens (tertiary/aromatic N) is 3. The molecule has 0 radical (unpaired) electrons. The molecule has 2 heterocycles. The minimum atomic E-state index is -0.222. The van der Waals surface area contributed by atoms with Gasteiger partial charge in [0.05, 0.1) is 18.5 Å². The van der Waals surface area contributed by atoms with Gasteiger partial charge in [-0.1, -0.05) is 0 Å². The van der Waals surface area contributed by atoms with E-state index in [0.717, 1.165) is 22.7 Å². The van der Waals surface area contributed by atoms with Gasteiger partial charge in [0.1, 0.15) is 18.2 Å². The number of ether oxygens (including phenoxy) is 2. The van der Waals surface area contributed by atoms with Gasteiger partial charge in [-0.25, -0.2) is 4.98 Å². The first-order chi connectivity index (χ1) is 12.6. The van der Waals surface area contributed by atoms with E-state index < -0.39 is 0 Å². The third-order valence-electron chi connectivity index (χ3n) is 3.60. The van der Waals surface area contributed by atoms with Crippen molar-refractivity contribution < 1.29 is 14.3 Å². The molecule has 0 aliphatic heterocycles. The van der Waals surface area contributed by atoms with E-state index in [4.69, 9.17) is 9.47 Å². The fraction of sp³-hybridized carbons (Fsp3) is 0.278. The van der Waals surface area contributed by atoms with E-state index in [2.05, 4.69) is 15.4 Å². The minimum absolute atomic E-state index is 0.00962. The van der Waals surface area contributed by atoms with Crippen molar-refractivity contribution in [2.45, 2.75) is 13.8 Å². The number of thiazole rings is 1. The molecule has 26 heavy (non-hydrogen) atoms. The number of rotatable bonds is 7. The quantitative estimate of drug-likeness (QED) is 0.688. The van der Waals surface area contributed by atoms with E-state index in [0.29, 0.717) is 17.6 Å². The van der Waals surface area contributed by atoms with Crippen LogP contribution in [0.25, 0.3) is 16.4 Å². The highest BCUT2D eigenvalue weighted by Crippen LogP contribution is 2.27. The molecule has 0 bridgehead atoms. The van der Waals surface area contributed by atoms with Crippen LogP contribution in [0.5, 0.6) is 5.75 Å². The number of methoxy groups -OCH3 is 1. The molecule has 3 aromatic rings. The molecule has 1 amide bonds. The number of hydrogen-bond acceptors (Lipinski definition) is 6. The summed E-state index contributed by atoms with van der Waals surface area (Å²) in [6.07, 6.45) is 0. The molecule has 0 unspecified atom stereocenters. The maximum atomic E-state index is 11.9. The second-order valence-corrected chi connectivity index (χ2v) is 6.35. The molecule has 136 valence electrons. The summed E-state index contributed by atoms with van der Waals surface area (Å²) in [4.78, 5) is 16.6. The Morgan fingerprint density at radius 2 is 2.08 bits per heavy atom. The van der Waals surface area contributed by atoms with Gasteiger partial charge < -0.3 is 14.8 Å². The third-order valence-corrected chi connectivity index (χ3v) is 4.41. The Hall–Kier alpha value is -2.71. The van der Waals surface area contributed by atoms with E-state index >= 15 is 0 Å². The smallest absolute Gasteiger partial charge is 0.251 e. The Balaban J connectivity index is 1.83. The van der Waals surface area contributed by atoms with Gasteiger partial charge in [0.25, 0.3) is 5.91 Å². The van der Waals surface area contributed by atoms with Gasteiger partial charge in [-0.15, -0.1) is 11.3 Å². The summed E-state index contributed by atoms with van der Waals surface area (Å²) in [5.41, 5.74) is 2.62. The van der Waals surface area contributed by atoms with Gasteiger partial charge >= 0.3 is 0 Å². The van der Waals surface area contributed by atoms with Crippen molar-refractivity contribution in [3.63, 3.8) is 0 Å². The molecule has 0 atom stereocenters. The first-order valence-electron chi connectivity index (χ1n) is 8.15. The number of aryl methyl sites for hydroxylation is 1. The number of amides is 1. The van der Waals surface area contributed by atoms with Gasteiger partial charge in [0.15, 0.2) is 0 Å². The maximum absolute atomic E-state index is 11.9. The molecule has 0 fully saturated rings. The predicted octanol–water partition coefficient (Wildman–Crippen LogP) is 3.29. The van der Waals surface area contributed by atoms with E-state index in [1.54, 1.807) is 17.9 Å². The number of carbonyl (C=O) groups excluding carboxylic acids is 1. The van der Waals surface area contributed by atoms with Gasteiger partial charge in [-0.05, 0) is 38.1 Å². The fourth-order valence-corrected chi connectivity index (χ4v) is 3.16. The van der Waals surface area contributed by atoms with Crippen LogP contribution in [-0.4, -0.2) is 41.0 Å². The average molecular weight is 372 g/mol. The molecule has 0 aliphatic carbocycles. The molecule has 2 aromatic heterocycles. The van der Waals surface area contributed by atoms with Crippen LogP contribution in [0.15, 0.2) is 35.7 Å². The molecular weight excluding hydrogens is 352 g/mol. The average Bonchev–Trinajstić information content (AvgIpc) is 3.26. The lowest BCUT2D eigenvalue weighted by atomic mass is 10.2. The first-order valence-corrected chi connectivity index (χ1v) is 9.03. The zero-order chi connectivity index (χ0) is 18.5. The molecule has 3 rings (SSSR count). The lowest BCUT2D eigenvalue weighted by Gasteiger charge is -2.06. The van der Waals surface area contributed by atoms with Crippen molar-refractivity contribution in [2.24, 2.45) is 0 Å². The first kappa shape index (κ1) is 18.1. The minimum Gasteiger partial charge on any atom is -0.497 e. The zero-order valence-electron chi connectivity index (χ0n) is 14.9. The molecule has 0 saturated carbocycles. The number of carbonyl (C=O) groups is 1. The fourth-order valence-electron chi connectivity index (χ4n) is 2.36. The summed E-state index contributed by atoms with van der Waals surface area (Å²) in [7, 11) is 1.64. The second-order valence-electron chi connectivity index (χ2n) is 5.51. The van der Waals surface area contributed by atoms with Crippen LogP contribution < -0.4 is 10.1 Å². The summed E-state index contributed by atoms with van der Waals surface area (Å²) >= 11 is 1.46. The Morgan fingerprint density at radius 1 is 1.31 bits per heavy atom. The van der Waals surface area contributed by atoms with E-state index in [-0.39, 0.29) is 12.5 Å². The van der Waals surface area contributed by atoms with Crippen molar-refractivity contribution in [3.05, 3.63) is 41.4 Å². The normalized spacial score (nSPS) is 10.7. The van der Waals surface area contributed by atoms with Crippen molar-refractivity contribution in [1.29, 1.82) is 0 Å².